The summed E-state index contributed by atoms with van der Waals surface area (Å²) in [5.41, 5.74) is 9.38. The van der Waals surface area contributed by atoms with Crippen LogP contribution in [0.15, 0.2) is 77.7 Å². The normalized spacial score (nSPS) is 19.1. The molecule has 5 heteroatoms. The van der Waals surface area contributed by atoms with Gasteiger partial charge < -0.3 is 0 Å². The number of hydrogen-bond donors (Lipinski definition) is 0. The van der Waals surface area contributed by atoms with Gasteiger partial charge in [0, 0.05) is 37.2 Å². The molecule has 1 aliphatic carbocycles. The molecule has 5 nitrogen and oxygen atoms in total. The second-order valence-electron chi connectivity index (χ2n) is 11.2. The average Bonchev–Trinajstić information content (AvgIpc) is 3.24. The zero-order valence-electron chi connectivity index (χ0n) is 24.1. The van der Waals surface area contributed by atoms with Crippen LogP contribution in [0.4, 0.5) is 0 Å². The molecule has 1 unspecified atom stereocenters. The van der Waals surface area contributed by atoms with Crippen molar-refractivity contribution in [3.63, 3.8) is 0 Å². The molecule has 1 saturated heterocycles. The number of carbonyl (C=O) groups is 1. The summed E-state index contributed by atoms with van der Waals surface area (Å²) < 4.78 is 1.74. The molecular formula is C35H40N4O. The van der Waals surface area contributed by atoms with Gasteiger partial charge in [-0.15, -0.1) is 0 Å². The van der Waals surface area contributed by atoms with Crippen LogP contribution < -0.4 is 0 Å². The van der Waals surface area contributed by atoms with Crippen molar-refractivity contribution in [2.24, 2.45) is 5.92 Å². The van der Waals surface area contributed by atoms with E-state index in [1.807, 2.05) is 12.1 Å². The van der Waals surface area contributed by atoms with Gasteiger partial charge >= 0.3 is 0 Å². The van der Waals surface area contributed by atoms with Gasteiger partial charge in [0.15, 0.2) is 5.65 Å². The third-order valence-corrected chi connectivity index (χ3v) is 8.33. The van der Waals surface area contributed by atoms with Crippen LogP contribution in [-0.4, -0.2) is 38.4 Å². The maximum atomic E-state index is 13.1. The van der Waals surface area contributed by atoms with Crippen LogP contribution in [0, 0.1) is 24.7 Å². The number of allylic oxidation sites excluding steroid dienone is 5. The van der Waals surface area contributed by atoms with E-state index in [0.29, 0.717) is 18.6 Å². The predicted octanol–water partition coefficient (Wildman–Crippen LogP) is 6.81. The summed E-state index contributed by atoms with van der Waals surface area (Å²) in [6.07, 6.45) is 16.6. The van der Waals surface area contributed by atoms with E-state index < -0.39 is 0 Å². The van der Waals surface area contributed by atoms with Crippen LogP contribution in [0.2, 0.25) is 0 Å². The second-order valence-corrected chi connectivity index (χ2v) is 11.2. The van der Waals surface area contributed by atoms with Gasteiger partial charge in [0.1, 0.15) is 11.5 Å². The van der Waals surface area contributed by atoms with Crippen molar-refractivity contribution in [2.75, 3.05) is 13.1 Å². The molecule has 0 spiro atoms. The quantitative estimate of drug-likeness (QED) is 0.248. The Morgan fingerprint density at radius 2 is 2.05 bits per heavy atom. The smallest absolute Gasteiger partial charge is 0.154 e. The average molecular weight is 533 g/mol. The monoisotopic (exact) mass is 532 g/mol. The molecule has 1 fully saturated rings. The Morgan fingerprint density at radius 3 is 2.90 bits per heavy atom. The van der Waals surface area contributed by atoms with E-state index in [2.05, 4.69) is 84.0 Å². The fourth-order valence-corrected chi connectivity index (χ4v) is 5.73. The minimum absolute atomic E-state index is 0.103. The summed E-state index contributed by atoms with van der Waals surface area (Å²) in [6, 6.07) is 10.7. The van der Waals surface area contributed by atoms with Crippen molar-refractivity contribution in [3.8, 4) is 11.8 Å². The first-order valence-corrected chi connectivity index (χ1v) is 14.7. The van der Waals surface area contributed by atoms with Crippen LogP contribution in [0.1, 0.15) is 74.8 Å². The molecule has 5 rings (SSSR count). The molecule has 0 bridgehead atoms. The van der Waals surface area contributed by atoms with Gasteiger partial charge in [-0.3, -0.25) is 9.69 Å². The standard InChI is InChI=1S/C35H40N4O/c1-4-28-9-7-20-38(21-18-28)25-32-15-13-29(22-27(32)3)8-5-10-34(40)31-14-12-26(2)30(23-31)16-17-33-24-36-35-11-6-19-37-39(33)35/h4,6,11-15,19,22,24,31H,5,7-10,18,20-21,23,25H2,1-3H3/b28-4-. The van der Waals surface area contributed by atoms with Crippen LogP contribution in [-0.2, 0) is 17.8 Å². The van der Waals surface area contributed by atoms with Crippen molar-refractivity contribution < 1.29 is 4.79 Å². The third kappa shape index (κ3) is 6.87. The Morgan fingerprint density at radius 1 is 1.15 bits per heavy atom. The molecular weight excluding hydrogens is 492 g/mol. The lowest BCUT2D eigenvalue weighted by Crippen LogP contribution is -2.24. The van der Waals surface area contributed by atoms with Gasteiger partial charge in [-0.25, -0.2) is 9.50 Å². The molecule has 2 aliphatic rings. The van der Waals surface area contributed by atoms with E-state index in [4.69, 9.17) is 0 Å². The maximum absolute atomic E-state index is 13.1. The lowest BCUT2D eigenvalue weighted by Gasteiger charge is -2.21. The Kier molecular flexibility index (Phi) is 9.08. The highest BCUT2D eigenvalue weighted by atomic mass is 16.1. The highest BCUT2D eigenvalue weighted by Gasteiger charge is 2.20. The number of aromatic nitrogens is 3. The zero-order chi connectivity index (χ0) is 27.9. The first-order valence-electron chi connectivity index (χ1n) is 14.7. The number of Topliss-reactive ketones (excluding diaryl/α,β-unsaturated/α-hetero) is 1. The predicted molar refractivity (Wildman–Crippen MR) is 162 cm³/mol. The van der Waals surface area contributed by atoms with Crippen molar-refractivity contribution in [2.45, 2.75) is 72.3 Å². The van der Waals surface area contributed by atoms with Gasteiger partial charge in [-0.2, -0.15) is 5.10 Å². The topological polar surface area (TPSA) is 50.5 Å². The molecule has 40 heavy (non-hydrogen) atoms. The minimum Gasteiger partial charge on any atom is -0.299 e. The molecule has 0 amide bonds. The molecule has 0 radical (unpaired) electrons. The van der Waals surface area contributed by atoms with E-state index in [9.17, 15) is 4.79 Å². The minimum atomic E-state index is -0.103. The van der Waals surface area contributed by atoms with E-state index >= 15 is 0 Å². The lowest BCUT2D eigenvalue weighted by molar-refractivity contribution is -0.121. The number of rotatable bonds is 7. The van der Waals surface area contributed by atoms with E-state index in [0.717, 1.165) is 48.4 Å². The van der Waals surface area contributed by atoms with Crippen LogP contribution in [0.3, 0.4) is 0 Å². The van der Waals surface area contributed by atoms with Crippen LogP contribution >= 0.6 is 0 Å². The molecule has 0 saturated carbocycles. The Hall–Kier alpha value is -3.75. The largest absolute Gasteiger partial charge is 0.299 e. The number of aryl methyl sites for hydroxylation is 2. The number of likely N-dealkylation sites (tertiary alicyclic amines) is 1. The Balaban J connectivity index is 1.12. The zero-order valence-corrected chi connectivity index (χ0v) is 24.1. The first kappa shape index (κ1) is 27.8. The SMILES string of the molecule is C/C=C1/CCCN(Cc2ccc(CCCC(=O)C3C=CC(C)=C(C#Cc4cnc5cccnn45)C3)cc2C)CC1. The van der Waals surface area contributed by atoms with Crippen LogP contribution in [0.5, 0.6) is 0 Å². The highest BCUT2D eigenvalue weighted by molar-refractivity contribution is 5.83. The van der Waals surface area contributed by atoms with Gasteiger partial charge in [-0.05, 0) is 106 Å². The molecule has 3 aromatic rings. The van der Waals surface area contributed by atoms with Crippen molar-refractivity contribution >= 4 is 11.4 Å². The van der Waals surface area contributed by atoms with Gasteiger partial charge in [0.25, 0.3) is 0 Å². The Bertz CT molecular complexity index is 1530. The number of hydrogen-bond acceptors (Lipinski definition) is 4. The fraction of sp³-hybridized carbons (Fsp3) is 0.400. The summed E-state index contributed by atoms with van der Waals surface area (Å²) >= 11 is 0. The summed E-state index contributed by atoms with van der Waals surface area (Å²) in [5, 5.41) is 4.33. The second kappa shape index (κ2) is 13.1. The summed E-state index contributed by atoms with van der Waals surface area (Å²) in [4.78, 5) is 20.1. The summed E-state index contributed by atoms with van der Waals surface area (Å²) in [7, 11) is 0. The fourth-order valence-electron chi connectivity index (χ4n) is 5.73. The molecule has 0 N–H and O–H groups in total. The number of imidazole rings is 1. The molecule has 1 aliphatic heterocycles. The number of carbonyl (C=O) groups excluding carboxylic acids is 1. The molecule has 1 atom stereocenters. The number of benzene rings is 1. The Labute approximate surface area is 238 Å². The van der Waals surface area contributed by atoms with Crippen LogP contribution in [0.25, 0.3) is 5.65 Å². The van der Waals surface area contributed by atoms with Gasteiger partial charge in [-0.1, -0.05) is 47.9 Å². The number of nitrogens with zero attached hydrogens (tertiary/aromatic N) is 4. The van der Waals surface area contributed by atoms with Crippen molar-refractivity contribution in [3.05, 3.63) is 100 Å². The molecule has 2 aromatic heterocycles. The maximum Gasteiger partial charge on any atom is 0.154 e. The van der Waals surface area contributed by atoms with Crippen molar-refractivity contribution in [1.29, 1.82) is 0 Å². The van der Waals surface area contributed by atoms with Gasteiger partial charge in [0.2, 0.25) is 0 Å². The first-order chi connectivity index (χ1) is 19.5. The molecule has 3 heterocycles. The number of fused-ring (bicyclic) bond motifs is 1. The van der Waals surface area contributed by atoms with Crippen molar-refractivity contribution in [1.82, 2.24) is 19.5 Å². The third-order valence-electron chi connectivity index (χ3n) is 8.33. The summed E-state index contributed by atoms with van der Waals surface area (Å²) in [5.74, 6) is 6.71. The van der Waals surface area contributed by atoms with E-state index in [-0.39, 0.29) is 5.92 Å². The number of ketones is 1. The molecule has 1 aromatic carbocycles. The van der Waals surface area contributed by atoms with Gasteiger partial charge in [0.05, 0.1) is 6.20 Å². The van der Waals surface area contributed by atoms with E-state index in [1.165, 1.54) is 42.5 Å². The summed E-state index contributed by atoms with van der Waals surface area (Å²) in [6.45, 7) is 9.82. The lowest BCUT2D eigenvalue weighted by atomic mass is 9.86. The highest BCUT2D eigenvalue weighted by Crippen LogP contribution is 2.26. The molecule has 206 valence electrons. The van der Waals surface area contributed by atoms with E-state index in [1.54, 1.807) is 22.5 Å².